The van der Waals surface area contributed by atoms with E-state index in [1.165, 1.54) is 12.1 Å². The molecule has 1 amide bonds. The Hall–Kier alpha value is -2.95. The Balaban J connectivity index is 1.80. The van der Waals surface area contributed by atoms with Crippen molar-refractivity contribution in [2.24, 2.45) is 0 Å². The van der Waals surface area contributed by atoms with Crippen LogP contribution < -0.4 is 10.1 Å². The van der Waals surface area contributed by atoms with Gasteiger partial charge in [0, 0.05) is 11.1 Å². The van der Waals surface area contributed by atoms with Crippen molar-refractivity contribution in [2.45, 2.75) is 20.0 Å². The number of hydrogen-bond acceptors (Lipinski definition) is 3. The van der Waals surface area contributed by atoms with Gasteiger partial charge < -0.3 is 10.1 Å². The Morgan fingerprint density at radius 2 is 1.92 bits per heavy atom. The van der Waals surface area contributed by atoms with Crippen LogP contribution in [0.5, 0.6) is 5.75 Å². The lowest BCUT2D eigenvalue weighted by Crippen LogP contribution is -2.30. The number of fused-ring (bicyclic) bond motifs is 1. The third-order valence-corrected chi connectivity index (χ3v) is 3.63. The van der Waals surface area contributed by atoms with E-state index in [0.29, 0.717) is 11.2 Å². The first-order valence-corrected chi connectivity index (χ1v) is 7.63. The predicted octanol–water partition coefficient (Wildman–Crippen LogP) is 4.09. The molecule has 1 aromatic heterocycles. The van der Waals surface area contributed by atoms with Gasteiger partial charge in [-0.05, 0) is 38.1 Å². The van der Waals surface area contributed by atoms with Crippen LogP contribution >= 0.6 is 0 Å². The number of ether oxygens (including phenoxy) is 1. The maximum absolute atomic E-state index is 13.6. The van der Waals surface area contributed by atoms with Crippen LogP contribution in [0.3, 0.4) is 0 Å². The van der Waals surface area contributed by atoms with Crippen LogP contribution in [-0.2, 0) is 4.79 Å². The van der Waals surface area contributed by atoms with E-state index in [0.717, 1.165) is 11.1 Å². The lowest BCUT2D eigenvalue weighted by molar-refractivity contribution is -0.122. The molecular formula is C19H17FN2O2. The summed E-state index contributed by atoms with van der Waals surface area (Å²) in [4.78, 5) is 16.8. The van der Waals surface area contributed by atoms with Crippen molar-refractivity contribution in [2.75, 3.05) is 5.32 Å². The normalized spacial score (nSPS) is 12.0. The van der Waals surface area contributed by atoms with E-state index in [9.17, 15) is 9.18 Å². The highest BCUT2D eigenvalue weighted by molar-refractivity contribution is 6.01. The van der Waals surface area contributed by atoms with Crippen molar-refractivity contribution in [1.29, 1.82) is 0 Å². The number of carbonyl (C=O) groups is 1. The van der Waals surface area contributed by atoms with Crippen molar-refractivity contribution in [3.63, 3.8) is 0 Å². The minimum atomic E-state index is -0.845. The van der Waals surface area contributed by atoms with Gasteiger partial charge in [-0.3, -0.25) is 9.78 Å². The Labute approximate surface area is 139 Å². The molecule has 0 aliphatic rings. The standard InChI is InChI=1S/C19H17FN2O2/c1-12-10-11-14-6-5-8-16(18(14)21-12)22-19(23)13(2)24-17-9-4-3-7-15(17)20/h3-11,13H,1-2H3,(H,22,23)/t13-/m1/s1. The molecule has 0 bridgehead atoms. The monoisotopic (exact) mass is 324 g/mol. The number of pyridine rings is 1. The van der Waals surface area contributed by atoms with Crippen molar-refractivity contribution in [3.8, 4) is 5.75 Å². The molecule has 3 rings (SSSR count). The first kappa shape index (κ1) is 15.9. The number of benzene rings is 2. The summed E-state index contributed by atoms with van der Waals surface area (Å²) in [5.41, 5.74) is 2.17. The summed E-state index contributed by atoms with van der Waals surface area (Å²) in [5, 5.41) is 3.73. The average Bonchev–Trinajstić information content (AvgIpc) is 2.57. The van der Waals surface area contributed by atoms with E-state index in [2.05, 4.69) is 10.3 Å². The van der Waals surface area contributed by atoms with E-state index in [4.69, 9.17) is 4.74 Å². The fourth-order valence-corrected chi connectivity index (χ4v) is 2.36. The molecule has 0 radical (unpaired) electrons. The molecule has 4 nitrogen and oxygen atoms in total. The van der Waals surface area contributed by atoms with Crippen LogP contribution in [0.15, 0.2) is 54.6 Å². The first-order chi connectivity index (χ1) is 11.5. The van der Waals surface area contributed by atoms with E-state index in [-0.39, 0.29) is 11.7 Å². The quantitative estimate of drug-likeness (QED) is 0.786. The van der Waals surface area contributed by atoms with Gasteiger partial charge in [0.25, 0.3) is 5.91 Å². The molecule has 0 unspecified atom stereocenters. The van der Waals surface area contributed by atoms with Gasteiger partial charge in [0.05, 0.1) is 11.2 Å². The van der Waals surface area contributed by atoms with Crippen LogP contribution in [0, 0.1) is 12.7 Å². The fourth-order valence-electron chi connectivity index (χ4n) is 2.36. The van der Waals surface area contributed by atoms with Gasteiger partial charge in [-0.15, -0.1) is 0 Å². The van der Waals surface area contributed by atoms with Gasteiger partial charge in [0.1, 0.15) is 0 Å². The molecule has 1 N–H and O–H groups in total. The van der Waals surface area contributed by atoms with E-state index in [1.54, 1.807) is 25.1 Å². The smallest absolute Gasteiger partial charge is 0.265 e. The largest absolute Gasteiger partial charge is 0.478 e. The number of hydrogen-bond donors (Lipinski definition) is 1. The number of anilines is 1. The van der Waals surface area contributed by atoms with E-state index in [1.807, 2.05) is 31.2 Å². The maximum Gasteiger partial charge on any atom is 0.265 e. The number of aromatic nitrogens is 1. The molecule has 0 saturated heterocycles. The minimum absolute atomic E-state index is 0.0482. The molecule has 0 aliphatic carbocycles. The van der Waals surface area contributed by atoms with Crippen LogP contribution in [0.4, 0.5) is 10.1 Å². The molecule has 0 saturated carbocycles. The van der Waals surface area contributed by atoms with Crippen molar-refractivity contribution < 1.29 is 13.9 Å². The highest BCUT2D eigenvalue weighted by Crippen LogP contribution is 2.23. The zero-order valence-corrected chi connectivity index (χ0v) is 13.4. The second kappa shape index (κ2) is 6.66. The van der Waals surface area contributed by atoms with Gasteiger partial charge in [-0.25, -0.2) is 4.39 Å². The van der Waals surface area contributed by atoms with Crippen LogP contribution in [-0.4, -0.2) is 17.0 Å². The zero-order chi connectivity index (χ0) is 17.1. The van der Waals surface area contributed by atoms with E-state index >= 15 is 0 Å². The average molecular weight is 324 g/mol. The molecule has 0 fully saturated rings. The Morgan fingerprint density at radius 1 is 1.12 bits per heavy atom. The third kappa shape index (κ3) is 3.35. The van der Waals surface area contributed by atoms with Gasteiger partial charge in [-0.1, -0.05) is 30.3 Å². The van der Waals surface area contributed by atoms with E-state index < -0.39 is 11.9 Å². The number of halogens is 1. The van der Waals surface area contributed by atoms with Crippen molar-refractivity contribution >= 4 is 22.5 Å². The Bertz CT molecular complexity index is 895. The topological polar surface area (TPSA) is 51.2 Å². The van der Waals surface area contributed by atoms with Crippen molar-refractivity contribution in [1.82, 2.24) is 4.98 Å². The number of carbonyl (C=O) groups excluding carboxylic acids is 1. The number of nitrogens with one attached hydrogen (secondary N) is 1. The highest BCUT2D eigenvalue weighted by atomic mass is 19.1. The molecule has 5 heteroatoms. The summed E-state index contributed by atoms with van der Waals surface area (Å²) in [6, 6.07) is 15.4. The Morgan fingerprint density at radius 3 is 2.71 bits per heavy atom. The molecule has 0 spiro atoms. The zero-order valence-electron chi connectivity index (χ0n) is 13.4. The lowest BCUT2D eigenvalue weighted by atomic mass is 10.1. The summed E-state index contributed by atoms with van der Waals surface area (Å²) < 4.78 is 19.0. The fraction of sp³-hybridized carbons (Fsp3) is 0.158. The van der Waals surface area contributed by atoms with Gasteiger partial charge in [0.15, 0.2) is 17.7 Å². The SMILES string of the molecule is Cc1ccc2cccc(NC(=O)[C@@H](C)Oc3ccccc3F)c2n1. The summed E-state index contributed by atoms with van der Waals surface area (Å²) in [7, 11) is 0. The van der Waals surface area contributed by atoms with Gasteiger partial charge >= 0.3 is 0 Å². The molecule has 2 aromatic carbocycles. The molecule has 1 heterocycles. The minimum Gasteiger partial charge on any atom is -0.478 e. The number of rotatable bonds is 4. The molecule has 122 valence electrons. The second-order valence-corrected chi connectivity index (χ2v) is 5.51. The molecular weight excluding hydrogens is 307 g/mol. The second-order valence-electron chi connectivity index (χ2n) is 5.51. The lowest BCUT2D eigenvalue weighted by Gasteiger charge is -2.16. The molecule has 1 atom stereocenters. The highest BCUT2D eigenvalue weighted by Gasteiger charge is 2.17. The number of para-hydroxylation sites is 2. The molecule has 3 aromatic rings. The summed E-state index contributed by atoms with van der Waals surface area (Å²) in [6.07, 6.45) is -0.845. The number of amides is 1. The van der Waals surface area contributed by atoms with Gasteiger partial charge in [0.2, 0.25) is 0 Å². The van der Waals surface area contributed by atoms with Crippen LogP contribution in [0.1, 0.15) is 12.6 Å². The Kier molecular flexibility index (Phi) is 4.42. The maximum atomic E-state index is 13.6. The van der Waals surface area contributed by atoms with Crippen LogP contribution in [0.2, 0.25) is 0 Å². The first-order valence-electron chi connectivity index (χ1n) is 7.63. The molecule has 24 heavy (non-hydrogen) atoms. The van der Waals surface area contributed by atoms with Gasteiger partial charge in [-0.2, -0.15) is 0 Å². The summed E-state index contributed by atoms with van der Waals surface area (Å²) >= 11 is 0. The summed E-state index contributed by atoms with van der Waals surface area (Å²) in [5.74, 6) is -0.819. The number of nitrogens with zero attached hydrogens (tertiary/aromatic N) is 1. The number of aryl methyl sites for hydroxylation is 1. The molecule has 0 aliphatic heterocycles. The third-order valence-electron chi connectivity index (χ3n) is 3.63. The van der Waals surface area contributed by atoms with Crippen molar-refractivity contribution in [3.05, 3.63) is 66.1 Å². The summed E-state index contributed by atoms with van der Waals surface area (Å²) in [6.45, 7) is 3.47. The predicted molar refractivity (Wildman–Crippen MR) is 91.6 cm³/mol. The van der Waals surface area contributed by atoms with Crippen LogP contribution in [0.25, 0.3) is 10.9 Å².